The second-order valence-corrected chi connectivity index (χ2v) is 4.17. The lowest BCUT2D eigenvalue weighted by Gasteiger charge is -2.09. The monoisotopic (exact) mass is 246 g/mol. The van der Waals surface area contributed by atoms with Crippen molar-refractivity contribution < 1.29 is 9.13 Å². The van der Waals surface area contributed by atoms with Gasteiger partial charge in [0.1, 0.15) is 5.82 Å². The molecule has 0 aliphatic heterocycles. The molecule has 4 heteroatoms. The fraction of sp³-hybridized carbons (Fsp3) is 0.214. The number of anilines is 1. The zero-order chi connectivity index (χ0) is 13.1. The van der Waals surface area contributed by atoms with Crippen molar-refractivity contribution in [3.63, 3.8) is 0 Å². The van der Waals surface area contributed by atoms with Crippen LogP contribution in [0.25, 0.3) is 0 Å². The van der Waals surface area contributed by atoms with Gasteiger partial charge in [-0.15, -0.1) is 0 Å². The van der Waals surface area contributed by atoms with Crippen molar-refractivity contribution in [1.82, 2.24) is 4.98 Å². The molecular formula is C14H15FN2O. The molecule has 0 saturated heterocycles. The van der Waals surface area contributed by atoms with Crippen LogP contribution in [0, 0.1) is 12.7 Å². The Kier molecular flexibility index (Phi) is 3.46. The van der Waals surface area contributed by atoms with Gasteiger partial charge < -0.3 is 10.5 Å². The summed E-state index contributed by atoms with van der Waals surface area (Å²) in [4.78, 5) is 4.07. The average Bonchev–Trinajstić information content (AvgIpc) is 2.36. The molecule has 0 unspecified atom stereocenters. The summed E-state index contributed by atoms with van der Waals surface area (Å²) < 4.78 is 19.0. The van der Waals surface area contributed by atoms with Gasteiger partial charge in [0, 0.05) is 12.6 Å². The predicted molar refractivity (Wildman–Crippen MR) is 69.1 cm³/mol. The predicted octanol–water partition coefficient (Wildman–Crippen LogP) is 2.71. The highest BCUT2D eigenvalue weighted by atomic mass is 19.1. The number of ether oxygens (including phenoxy) is 1. The molecule has 94 valence electrons. The number of nitrogen functional groups attached to an aromatic ring is 1. The molecule has 1 heterocycles. The molecule has 18 heavy (non-hydrogen) atoms. The summed E-state index contributed by atoms with van der Waals surface area (Å²) in [5.41, 5.74) is 8.17. The van der Waals surface area contributed by atoms with Gasteiger partial charge in [-0.1, -0.05) is 18.2 Å². The lowest BCUT2D eigenvalue weighted by atomic mass is 10.0. The molecule has 0 bridgehead atoms. The normalized spacial score (nSPS) is 10.4. The highest BCUT2D eigenvalue weighted by molar-refractivity contribution is 5.45. The van der Waals surface area contributed by atoms with Gasteiger partial charge in [0.15, 0.2) is 11.6 Å². The molecule has 0 radical (unpaired) electrons. The van der Waals surface area contributed by atoms with E-state index in [4.69, 9.17) is 10.5 Å². The summed E-state index contributed by atoms with van der Waals surface area (Å²) in [6.07, 6.45) is 2.10. The minimum Gasteiger partial charge on any atom is -0.494 e. The number of benzene rings is 1. The van der Waals surface area contributed by atoms with E-state index in [9.17, 15) is 4.39 Å². The first-order valence-electron chi connectivity index (χ1n) is 5.64. The number of nitrogens with two attached hydrogens (primary N) is 1. The van der Waals surface area contributed by atoms with Crippen molar-refractivity contribution >= 4 is 5.82 Å². The number of aryl methyl sites for hydroxylation is 1. The van der Waals surface area contributed by atoms with Gasteiger partial charge in [-0.05, 0) is 29.7 Å². The lowest BCUT2D eigenvalue weighted by Crippen LogP contribution is -2.01. The van der Waals surface area contributed by atoms with Crippen LogP contribution in [0.4, 0.5) is 10.2 Å². The van der Waals surface area contributed by atoms with E-state index in [1.165, 1.54) is 7.11 Å². The van der Waals surface area contributed by atoms with Crippen molar-refractivity contribution in [2.45, 2.75) is 13.3 Å². The molecule has 0 aliphatic carbocycles. The van der Waals surface area contributed by atoms with Crippen molar-refractivity contribution in [3.8, 4) is 5.75 Å². The molecule has 0 saturated carbocycles. The van der Waals surface area contributed by atoms with E-state index in [1.807, 2.05) is 13.0 Å². The van der Waals surface area contributed by atoms with Crippen LogP contribution in [0.1, 0.15) is 16.7 Å². The molecule has 1 aromatic carbocycles. The molecule has 0 spiro atoms. The van der Waals surface area contributed by atoms with E-state index in [-0.39, 0.29) is 11.6 Å². The number of rotatable bonds is 3. The fourth-order valence-electron chi connectivity index (χ4n) is 1.84. The maximum Gasteiger partial charge on any atom is 0.168 e. The van der Waals surface area contributed by atoms with E-state index in [0.29, 0.717) is 17.8 Å². The van der Waals surface area contributed by atoms with E-state index < -0.39 is 0 Å². The van der Waals surface area contributed by atoms with Gasteiger partial charge in [0.05, 0.1) is 7.11 Å². The van der Waals surface area contributed by atoms with Crippen molar-refractivity contribution in [2.24, 2.45) is 0 Å². The number of hydrogen-bond acceptors (Lipinski definition) is 3. The van der Waals surface area contributed by atoms with Gasteiger partial charge in [0.25, 0.3) is 0 Å². The summed E-state index contributed by atoms with van der Waals surface area (Å²) in [6.45, 7) is 1.93. The van der Waals surface area contributed by atoms with Crippen LogP contribution in [0.3, 0.4) is 0 Å². The van der Waals surface area contributed by atoms with Crippen LogP contribution in [0.15, 0.2) is 30.5 Å². The zero-order valence-corrected chi connectivity index (χ0v) is 10.4. The molecule has 0 atom stereocenters. The first kappa shape index (κ1) is 12.4. The van der Waals surface area contributed by atoms with Crippen LogP contribution in [-0.2, 0) is 6.42 Å². The van der Waals surface area contributed by atoms with Crippen LogP contribution in [0.5, 0.6) is 5.75 Å². The molecule has 1 aromatic heterocycles. The Bertz CT molecular complexity index is 570. The van der Waals surface area contributed by atoms with E-state index in [1.54, 1.807) is 24.4 Å². The summed E-state index contributed by atoms with van der Waals surface area (Å²) >= 11 is 0. The van der Waals surface area contributed by atoms with Crippen molar-refractivity contribution in [2.75, 3.05) is 12.8 Å². The molecule has 2 aromatic rings. The molecule has 0 fully saturated rings. The fourth-order valence-corrected chi connectivity index (χ4v) is 1.84. The van der Waals surface area contributed by atoms with Gasteiger partial charge in [-0.3, -0.25) is 0 Å². The Morgan fingerprint density at radius 2 is 2.11 bits per heavy atom. The Morgan fingerprint density at radius 3 is 2.83 bits per heavy atom. The maximum absolute atomic E-state index is 14.0. The second-order valence-electron chi connectivity index (χ2n) is 4.17. The lowest BCUT2D eigenvalue weighted by molar-refractivity contribution is 0.384. The first-order valence-corrected chi connectivity index (χ1v) is 5.64. The van der Waals surface area contributed by atoms with Crippen LogP contribution in [0.2, 0.25) is 0 Å². The highest BCUT2D eigenvalue weighted by Crippen LogP contribution is 2.23. The molecule has 0 amide bonds. The summed E-state index contributed by atoms with van der Waals surface area (Å²) in [6, 6.07) is 6.99. The summed E-state index contributed by atoms with van der Waals surface area (Å²) in [5.74, 6) is 0.329. The Balaban J connectivity index is 2.37. The molecular weight excluding hydrogens is 231 g/mol. The maximum atomic E-state index is 14.0. The molecule has 3 nitrogen and oxygen atoms in total. The molecule has 2 rings (SSSR count). The summed E-state index contributed by atoms with van der Waals surface area (Å²) in [5, 5.41) is 0. The van der Waals surface area contributed by atoms with Crippen molar-refractivity contribution in [3.05, 3.63) is 53.0 Å². The molecule has 2 N–H and O–H groups in total. The quantitative estimate of drug-likeness (QED) is 0.905. The Labute approximate surface area is 105 Å². The number of hydrogen-bond donors (Lipinski definition) is 1. The SMILES string of the molecule is COc1cccc(Cc2cc(C)cnc2N)c1F. The first-order chi connectivity index (χ1) is 8.61. The largest absolute Gasteiger partial charge is 0.494 e. The number of nitrogens with zero attached hydrogens (tertiary/aromatic N) is 1. The van der Waals surface area contributed by atoms with Crippen LogP contribution < -0.4 is 10.5 Å². The average molecular weight is 246 g/mol. The van der Waals surface area contributed by atoms with Gasteiger partial charge in [-0.2, -0.15) is 0 Å². The molecule has 0 aliphatic rings. The van der Waals surface area contributed by atoms with E-state index in [2.05, 4.69) is 4.98 Å². The van der Waals surface area contributed by atoms with Gasteiger partial charge in [0.2, 0.25) is 0 Å². The van der Waals surface area contributed by atoms with E-state index >= 15 is 0 Å². The van der Waals surface area contributed by atoms with E-state index in [0.717, 1.165) is 11.1 Å². The topological polar surface area (TPSA) is 48.1 Å². The number of pyridine rings is 1. The minimum absolute atomic E-state index is 0.242. The number of halogens is 1. The summed E-state index contributed by atoms with van der Waals surface area (Å²) in [7, 11) is 1.45. The second kappa shape index (κ2) is 5.04. The smallest absolute Gasteiger partial charge is 0.168 e. The number of aromatic nitrogens is 1. The third-order valence-electron chi connectivity index (χ3n) is 2.78. The third-order valence-corrected chi connectivity index (χ3v) is 2.78. The van der Waals surface area contributed by atoms with Crippen LogP contribution in [-0.4, -0.2) is 12.1 Å². The Morgan fingerprint density at radius 1 is 1.33 bits per heavy atom. The zero-order valence-electron chi connectivity index (χ0n) is 10.4. The highest BCUT2D eigenvalue weighted by Gasteiger charge is 2.10. The minimum atomic E-state index is -0.346. The standard InChI is InChI=1S/C14H15FN2O/c1-9-6-11(14(16)17-8-9)7-10-4-3-5-12(18-2)13(10)15/h3-6,8H,7H2,1-2H3,(H2,16,17). The Hall–Kier alpha value is -2.10. The van der Waals surface area contributed by atoms with Crippen molar-refractivity contribution in [1.29, 1.82) is 0 Å². The third kappa shape index (κ3) is 2.42. The van der Waals surface area contributed by atoms with Crippen LogP contribution >= 0.6 is 0 Å². The van der Waals surface area contributed by atoms with Gasteiger partial charge in [-0.25, -0.2) is 9.37 Å². The number of methoxy groups -OCH3 is 1. The van der Waals surface area contributed by atoms with Gasteiger partial charge >= 0.3 is 0 Å².